The van der Waals surface area contributed by atoms with Gasteiger partial charge in [0.05, 0.1) is 11.4 Å². The van der Waals surface area contributed by atoms with Crippen LogP contribution in [0.2, 0.25) is 0 Å². The molecule has 0 saturated heterocycles. The first-order valence-corrected chi connectivity index (χ1v) is 5.99. The molecule has 0 fully saturated rings. The number of hydrogen-bond donors (Lipinski definition) is 1. The molecule has 0 amide bonds. The number of pyridine rings is 1. The summed E-state index contributed by atoms with van der Waals surface area (Å²) >= 11 is 0. The second kappa shape index (κ2) is 6.61. The van der Waals surface area contributed by atoms with Crippen LogP contribution in [0, 0.1) is 5.92 Å². The number of hydrogen-bond acceptors (Lipinski definition) is 3. The summed E-state index contributed by atoms with van der Waals surface area (Å²) in [4.78, 5) is 6.81. The van der Waals surface area contributed by atoms with Crippen molar-refractivity contribution in [2.24, 2.45) is 11.7 Å². The smallest absolute Gasteiger partial charge is 0.0547 e. The maximum atomic E-state index is 5.58. The molecule has 0 radical (unpaired) electrons. The van der Waals surface area contributed by atoms with Gasteiger partial charge in [-0.25, -0.2) is 0 Å². The Balaban J connectivity index is 2.51. The number of nitrogens with two attached hydrogens (primary N) is 1. The van der Waals surface area contributed by atoms with Crippen molar-refractivity contribution in [3.05, 3.63) is 29.6 Å². The molecule has 0 aliphatic heterocycles. The Morgan fingerprint density at radius 2 is 2.06 bits per heavy atom. The van der Waals surface area contributed by atoms with Crippen LogP contribution in [-0.4, -0.2) is 23.5 Å². The minimum Gasteiger partial charge on any atom is -0.325 e. The van der Waals surface area contributed by atoms with E-state index in [0.717, 1.165) is 30.4 Å². The molecule has 0 aromatic carbocycles. The fourth-order valence-corrected chi connectivity index (χ4v) is 1.73. The van der Waals surface area contributed by atoms with Crippen LogP contribution in [0.3, 0.4) is 0 Å². The quantitative estimate of drug-likeness (QED) is 0.799. The van der Waals surface area contributed by atoms with Crippen LogP contribution >= 0.6 is 0 Å². The summed E-state index contributed by atoms with van der Waals surface area (Å²) in [6, 6.07) is 6.06. The van der Waals surface area contributed by atoms with E-state index in [1.807, 2.05) is 12.1 Å². The highest BCUT2D eigenvalue weighted by molar-refractivity contribution is 5.10. The lowest BCUT2D eigenvalue weighted by atomic mass is 10.1. The van der Waals surface area contributed by atoms with Crippen LogP contribution in [-0.2, 0) is 13.1 Å². The average Bonchev–Trinajstić information content (AvgIpc) is 2.28. The normalized spacial score (nSPS) is 13.1. The summed E-state index contributed by atoms with van der Waals surface area (Å²) in [7, 11) is 2.14. The molecule has 0 saturated carbocycles. The average molecular weight is 221 g/mol. The second-order valence-corrected chi connectivity index (χ2v) is 4.53. The van der Waals surface area contributed by atoms with Gasteiger partial charge in [-0.1, -0.05) is 26.3 Å². The van der Waals surface area contributed by atoms with Crippen LogP contribution < -0.4 is 5.73 Å². The van der Waals surface area contributed by atoms with E-state index in [0.29, 0.717) is 6.54 Å². The molecule has 3 heteroatoms. The van der Waals surface area contributed by atoms with Crippen molar-refractivity contribution >= 4 is 0 Å². The van der Waals surface area contributed by atoms with Gasteiger partial charge in [-0.3, -0.25) is 4.98 Å². The second-order valence-electron chi connectivity index (χ2n) is 4.53. The summed E-state index contributed by atoms with van der Waals surface area (Å²) in [5.41, 5.74) is 7.65. The number of rotatable bonds is 6. The molecule has 1 unspecified atom stereocenters. The molecule has 1 heterocycles. The third-order valence-electron chi connectivity index (χ3n) is 2.83. The molecule has 1 rings (SSSR count). The van der Waals surface area contributed by atoms with Gasteiger partial charge in [-0.2, -0.15) is 0 Å². The highest BCUT2D eigenvalue weighted by Crippen LogP contribution is 2.06. The van der Waals surface area contributed by atoms with Crippen molar-refractivity contribution in [2.75, 3.05) is 13.6 Å². The molecule has 0 spiro atoms. The van der Waals surface area contributed by atoms with Crippen LogP contribution in [0.25, 0.3) is 0 Å². The van der Waals surface area contributed by atoms with E-state index in [-0.39, 0.29) is 0 Å². The Bertz CT molecular complexity index is 312. The summed E-state index contributed by atoms with van der Waals surface area (Å²) in [6.45, 7) is 7.04. The van der Waals surface area contributed by atoms with Gasteiger partial charge < -0.3 is 10.6 Å². The van der Waals surface area contributed by atoms with Crippen molar-refractivity contribution in [1.29, 1.82) is 0 Å². The van der Waals surface area contributed by atoms with E-state index >= 15 is 0 Å². The van der Waals surface area contributed by atoms with Gasteiger partial charge in [0.2, 0.25) is 0 Å². The molecule has 0 aliphatic carbocycles. The highest BCUT2D eigenvalue weighted by Gasteiger charge is 2.06. The Hall–Kier alpha value is -0.930. The molecule has 1 aromatic rings. The first-order chi connectivity index (χ1) is 7.65. The van der Waals surface area contributed by atoms with Crippen molar-refractivity contribution in [1.82, 2.24) is 9.88 Å². The molecule has 2 N–H and O–H groups in total. The molecule has 0 bridgehead atoms. The number of aromatic nitrogens is 1. The summed E-state index contributed by atoms with van der Waals surface area (Å²) < 4.78 is 0. The maximum Gasteiger partial charge on any atom is 0.0547 e. The third-order valence-corrected chi connectivity index (χ3v) is 2.83. The fraction of sp³-hybridized carbons (Fsp3) is 0.615. The van der Waals surface area contributed by atoms with Crippen LogP contribution in [0.4, 0.5) is 0 Å². The van der Waals surface area contributed by atoms with Gasteiger partial charge in [0.15, 0.2) is 0 Å². The maximum absolute atomic E-state index is 5.58. The van der Waals surface area contributed by atoms with E-state index in [1.54, 1.807) is 0 Å². The van der Waals surface area contributed by atoms with Gasteiger partial charge in [0.1, 0.15) is 0 Å². The molecule has 3 nitrogen and oxygen atoms in total. The largest absolute Gasteiger partial charge is 0.325 e. The van der Waals surface area contributed by atoms with E-state index < -0.39 is 0 Å². The molecule has 16 heavy (non-hydrogen) atoms. The zero-order valence-corrected chi connectivity index (χ0v) is 10.6. The first kappa shape index (κ1) is 13.1. The Morgan fingerprint density at radius 3 is 2.69 bits per heavy atom. The molecular weight excluding hydrogens is 198 g/mol. The van der Waals surface area contributed by atoms with Crippen molar-refractivity contribution < 1.29 is 0 Å². The Kier molecular flexibility index (Phi) is 5.43. The lowest BCUT2D eigenvalue weighted by Crippen LogP contribution is -2.24. The van der Waals surface area contributed by atoms with E-state index in [1.165, 1.54) is 6.42 Å². The predicted molar refractivity (Wildman–Crippen MR) is 67.9 cm³/mol. The summed E-state index contributed by atoms with van der Waals surface area (Å²) in [5, 5.41) is 0. The standard InChI is InChI=1S/C13H23N3/c1-4-11(2)9-16(3)10-13-7-5-6-12(8-14)15-13/h5-7,11H,4,8-10,14H2,1-3H3. The highest BCUT2D eigenvalue weighted by atomic mass is 15.1. The zero-order valence-electron chi connectivity index (χ0n) is 10.6. The third kappa shape index (κ3) is 4.29. The SMILES string of the molecule is CCC(C)CN(C)Cc1cccc(CN)n1. The van der Waals surface area contributed by atoms with E-state index in [9.17, 15) is 0 Å². The Morgan fingerprint density at radius 1 is 1.38 bits per heavy atom. The van der Waals surface area contributed by atoms with Crippen LogP contribution in [0.5, 0.6) is 0 Å². The van der Waals surface area contributed by atoms with Gasteiger partial charge >= 0.3 is 0 Å². The van der Waals surface area contributed by atoms with Crippen LogP contribution in [0.1, 0.15) is 31.7 Å². The number of nitrogens with zero attached hydrogens (tertiary/aromatic N) is 2. The monoisotopic (exact) mass is 221 g/mol. The van der Waals surface area contributed by atoms with E-state index in [2.05, 4.69) is 36.8 Å². The molecular formula is C13H23N3. The molecule has 1 aromatic heterocycles. The Labute approximate surface area is 98.7 Å². The van der Waals surface area contributed by atoms with Crippen LogP contribution in [0.15, 0.2) is 18.2 Å². The molecule has 90 valence electrons. The fourth-order valence-electron chi connectivity index (χ4n) is 1.73. The minimum absolute atomic E-state index is 0.517. The molecule has 0 aliphatic rings. The van der Waals surface area contributed by atoms with Gasteiger partial charge in [-0.05, 0) is 25.1 Å². The van der Waals surface area contributed by atoms with E-state index in [4.69, 9.17) is 5.73 Å². The lowest BCUT2D eigenvalue weighted by Gasteiger charge is -2.20. The summed E-state index contributed by atoms with van der Waals surface area (Å²) in [6.07, 6.45) is 1.22. The lowest BCUT2D eigenvalue weighted by molar-refractivity contribution is 0.272. The minimum atomic E-state index is 0.517. The topological polar surface area (TPSA) is 42.1 Å². The van der Waals surface area contributed by atoms with Crippen molar-refractivity contribution in [3.8, 4) is 0 Å². The predicted octanol–water partition coefficient (Wildman–Crippen LogP) is 2.02. The first-order valence-electron chi connectivity index (χ1n) is 5.99. The zero-order chi connectivity index (χ0) is 12.0. The van der Waals surface area contributed by atoms with Gasteiger partial charge in [0, 0.05) is 19.6 Å². The summed E-state index contributed by atoms with van der Waals surface area (Å²) in [5.74, 6) is 0.739. The van der Waals surface area contributed by atoms with Gasteiger partial charge in [0.25, 0.3) is 0 Å². The molecule has 1 atom stereocenters. The van der Waals surface area contributed by atoms with Crippen molar-refractivity contribution in [2.45, 2.75) is 33.4 Å². The van der Waals surface area contributed by atoms with Crippen molar-refractivity contribution in [3.63, 3.8) is 0 Å². The van der Waals surface area contributed by atoms with Gasteiger partial charge in [-0.15, -0.1) is 0 Å².